The third kappa shape index (κ3) is 5.16. The first-order valence-electron chi connectivity index (χ1n) is 10.6. The van der Waals surface area contributed by atoms with Crippen LogP contribution in [0.4, 0.5) is 9.18 Å². The van der Waals surface area contributed by atoms with E-state index in [2.05, 4.69) is 4.98 Å². The van der Waals surface area contributed by atoms with E-state index in [9.17, 15) is 9.18 Å². The van der Waals surface area contributed by atoms with Crippen molar-refractivity contribution in [3.8, 4) is 6.01 Å². The molecule has 3 aromatic rings. The molecule has 31 heavy (non-hydrogen) atoms. The maximum atomic E-state index is 13.7. The van der Waals surface area contributed by atoms with Crippen LogP contribution in [0.25, 0.3) is 11.0 Å². The van der Waals surface area contributed by atoms with Gasteiger partial charge in [-0.15, -0.1) is 0 Å². The Bertz CT molecular complexity index is 1070. The van der Waals surface area contributed by atoms with Crippen molar-refractivity contribution in [2.45, 2.75) is 39.3 Å². The van der Waals surface area contributed by atoms with E-state index in [0.717, 1.165) is 23.0 Å². The number of nitrogens with zero attached hydrogens (tertiary/aromatic N) is 3. The molecule has 1 aliphatic rings. The molecule has 1 saturated heterocycles. The molecule has 0 N–H and O–H groups in total. The van der Waals surface area contributed by atoms with Gasteiger partial charge in [-0.25, -0.2) is 9.18 Å². The molecule has 7 heteroatoms. The van der Waals surface area contributed by atoms with Gasteiger partial charge in [0.25, 0.3) is 6.01 Å². The molecule has 1 atom stereocenters. The minimum atomic E-state index is -0.507. The highest BCUT2D eigenvalue weighted by Crippen LogP contribution is 2.25. The number of carbonyl (C=O) groups is 1. The molecule has 1 aromatic heterocycles. The lowest BCUT2D eigenvalue weighted by atomic mass is 10.1. The number of hydrogen-bond acceptors (Lipinski definition) is 4. The second kappa shape index (κ2) is 8.57. The number of halogens is 1. The van der Waals surface area contributed by atoms with E-state index >= 15 is 0 Å². The summed E-state index contributed by atoms with van der Waals surface area (Å²) in [6.07, 6.45) is 0.567. The van der Waals surface area contributed by atoms with Crippen LogP contribution in [-0.2, 0) is 11.3 Å². The fourth-order valence-corrected chi connectivity index (χ4v) is 3.79. The van der Waals surface area contributed by atoms with Gasteiger partial charge in [0.1, 0.15) is 11.4 Å². The van der Waals surface area contributed by atoms with Gasteiger partial charge < -0.3 is 14.4 Å². The van der Waals surface area contributed by atoms with Crippen molar-refractivity contribution in [3.05, 3.63) is 59.9 Å². The molecule has 1 amide bonds. The summed E-state index contributed by atoms with van der Waals surface area (Å²) >= 11 is 0. The van der Waals surface area contributed by atoms with Crippen molar-refractivity contribution in [1.29, 1.82) is 0 Å². The van der Waals surface area contributed by atoms with Gasteiger partial charge in [0, 0.05) is 19.0 Å². The molecule has 0 aliphatic carbocycles. The molecule has 0 saturated carbocycles. The van der Waals surface area contributed by atoms with E-state index < -0.39 is 5.60 Å². The second-order valence-corrected chi connectivity index (χ2v) is 8.99. The van der Waals surface area contributed by atoms with Crippen LogP contribution in [0.2, 0.25) is 0 Å². The highest BCUT2D eigenvalue weighted by molar-refractivity contribution is 5.76. The molecule has 2 heterocycles. The van der Waals surface area contributed by atoms with Crippen LogP contribution < -0.4 is 4.74 Å². The maximum Gasteiger partial charge on any atom is 0.410 e. The number of likely N-dealkylation sites (tertiary alicyclic amines) is 1. The van der Waals surface area contributed by atoms with Gasteiger partial charge in [-0.2, -0.15) is 4.98 Å². The molecular formula is C24H28FN3O3. The highest BCUT2D eigenvalue weighted by atomic mass is 19.1. The number of aromatic nitrogens is 2. The standard InChI is InChI=1S/C24H28FN3O3/c1-24(2,3)31-23(29)27-12-11-18(14-27)16-30-22-26-20-9-4-5-10-21(20)28(22)15-17-7-6-8-19(25)13-17/h4-10,13,18H,11-12,14-16H2,1-3H3/t18-/m0/s1. The molecule has 6 nitrogen and oxygen atoms in total. The molecular weight excluding hydrogens is 397 g/mol. The Morgan fingerprint density at radius 1 is 1.19 bits per heavy atom. The minimum absolute atomic E-state index is 0.204. The van der Waals surface area contributed by atoms with E-state index in [4.69, 9.17) is 9.47 Å². The third-order valence-corrected chi connectivity index (χ3v) is 5.23. The van der Waals surface area contributed by atoms with Gasteiger partial charge in [0.2, 0.25) is 0 Å². The van der Waals surface area contributed by atoms with Crippen molar-refractivity contribution in [3.63, 3.8) is 0 Å². The number of amides is 1. The van der Waals surface area contributed by atoms with Crippen LogP contribution in [-0.4, -0.2) is 45.8 Å². The Hall–Kier alpha value is -3.09. The summed E-state index contributed by atoms with van der Waals surface area (Å²) in [5.41, 5.74) is 2.09. The molecule has 0 radical (unpaired) electrons. The summed E-state index contributed by atoms with van der Waals surface area (Å²) in [6.45, 7) is 7.76. The number of benzene rings is 2. The predicted octanol–water partition coefficient (Wildman–Crippen LogP) is 4.86. The third-order valence-electron chi connectivity index (χ3n) is 5.23. The zero-order valence-electron chi connectivity index (χ0n) is 18.2. The van der Waals surface area contributed by atoms with Crippen LogP contribution in [0.1, 0.15) is 32.8 Å². The molecule has 2 aromatic carbocycles. The lowest BCUT2D eigenvalue weighted by Crippen LogP contribution is -2.35. The normalized spacial score (nSPS) is 16.6. The van der Waals surface area contributed by atoms with Crippen molar-refractivity contribution in [2.75, 3.05) is 19.7 Å². The molecule has 4 rings (SSSR count). The summed E-state index contributed by atoms with van der Waals surface area (Å²) in [5, 5.41) is 0. The van der Waals surface area contributed by atoms with Crippen LogP contribution in [0.15, 0.2) is 48.5 Å². The Balaban J connectivity index is 1.46. The Morgan fingerprint density at radius 3 is 2.77 bits per heavy atom. The first-order chi connectivity index (χ1) is 14.8. The SMILES string of the molecule is CC(C)(C)OC(=O)N1CC[C@H](COc2nc3ccccc3n2Cc2cccc(F)c2)C1. The Kier molecular flexibility index (Phi) is 5.85. The van der Waals surface area contributed by atoms with Crippen LogP contribution in [0, 0.1) is 11.7 Å². The minimum Gasteiger partial charge on any atom is -0.464 e. The summed E-state index contributed by atoms with van der Waals surface area (Å²) in [7, 11) is 0. The number of carbonyl (C=O) groups excluding carboxylic acids is 1. The lowest BCUT2D eigenvalue weighted by molar-refractivity contribution is 0.0284. The van der Waals surface area contributed by atoms with E-state index in [1.807, 2.05) is 55.7 Å². The topological polar surface area (TPSA) is 56.6 Å². The van der Waals surface area contributed by atoms with E-state index in [1.54, 1.807) is 11.0 Å². The second-order valence-electron chi connectivity index (χ2n) is 8.99. The van der Waals surface area contributed by atoms with Gasteiger partial charge in [-0.3, -0.25) is 4.57 Å². The van der Waals surface area contributed by atoms with Crippen molar-refractivity contribution < 1.29 is 18.7 Å². The van der Waals surface area contributed by atoms with Crippen molar-refractivity contribution in [1.82, 2.24) is 14.5 Å². The van der Waals surface area contributed by atoms with Crippen molar-refractivity contribution >= 4 is 17.1 Å². The van der Waals surface area contributed by atoms with E-state index in [1.165, 1.54) is 12.1 Å². The summed E-state index contributed by atoms with van der Waals surface area (Å²) in [4.78, 5) is 18.7. The molecule has 1 aliphatic heterocycles. The van der Waals surface area contributed by atoms with Crippen LogP contribution in [0.5, 0.6) is 6.01 Å². The number of imidazole rings is 1. The number of ether oxygens (including phenoxy) is 2. The number of hydrogen-bond donors (Lipinski definition) is 0. The fraction of sp³-hybridized carbons (Fsp3) is 0.417. The van der Waals surface area contributed by atoms with E-state index in [0.29, 0.717) is 32.3 Å². The maximum absolute atomic E-state index is 13.7. The molecule has 0 spiro atoms. The number of fused-ring (bicyclic) bond motifs is 1. The van der Waals surface area contributed by atoms with Gasteiger partial charge in [-0.1, -0.05) is 24.3 Å². The zero-order valence-corrected chi connectivity index (χ0v) is 18.2. The van der Waals surface area contributed by atoms with Crippen molar-refractivity contribution in [2.24, 2.45) is 5.92 Å². The van der Waals surface area contributed by atoms with Gasteiger partial charge in [0.05, 0.1) is 24.2 Å². The molecule has 0 bridgehead atoms. The summed E-state index contributed by atoms with van der Waals surface area (Å²) in [6, 6.07) is 14.8. The molecule has 164 valence electrons. The van der Waals surface area contributed by atoms with Gasteiger partial charge >= 0.3 is 6.09 Å². The number of rotatable bonds is 5. The molecule has 1 fully saturated rings. The largest absolute Gasteiger partial charge is 0.464 e. The monoisotopic (exact) mass is 425 g/mol. The average Bonchev–Trinajstić information content (AvgIpc) is 3.30. The summed E-state index contributed by atoms with van der Waals surface area (Å²) < 4.78 is 27.2. The van der Waals surface area contributed by atoms with Crippen LogP contribution in [0.3, 0.4) is 0 Å². The summed E-state index contributed by atoms with van der Waals surface area (Å²) in [5.74, 6) is -0.0625. The van der Waals surface area contributed by atoms with E-state index in [-0.39, 0.29) is 17.8 Å². The lowest BCUT2D eigenvalue weighted by Gasteiger charge is -2.24. The smallest absolute Gasteiger partial charge is 0.410 e. The highest BCUT2D eigenvalue weighted by Gasteiger charge is 2.30. The van der Waals surface area contributed by atoms with Crippen LogP contribution >= 0.6 is 0 Å². The first-order valence-corrected chi connectivity index (χ1v) is 10.6. The predicted molar refractivity (Wildman–Crippen MR) is 117 cm³/mol. The number of para-hydroxylation sites is 2. The molecule has 0 unspecified atom stereocenters. The Morgan fingerprint density at radius 2 is 2.00 bits per heavy atom. The average molecular weight is 426 g/mol. The first kappa shape index (κ1) is 21.2. The zero-order chi connectivity index (χ0) is 22.0. The van der Waals surface area contributed by atoms with Gasteiger partial charge in [0.15, 0.2) is 0 Å². The van der Waals surface area contributed by atoms with Gasteiger partial charge in [-0.05, 0) is 57.0 Å². The quantitative estimate of drug-likeness (QED) is 0.586. The Labute approximate surface area is 181 Å². The fourth-order valence-electron chi connectivity index (χ4n) is 3.79.